The first-order valence-electron chi connectivity index (χ1n) is 30.1. The van der Waals surface area contributed by atoms with Gasteiger partial charge in [-0.15, -0.1) is 0 Å². The molecule has 2 bridgehead atoms. The zero-order chi connectivity index (χ0) is 56.4. The van der Waals surface area contributed by atoms with Crippen LogP contribution in [0.3, 0.4) is 0 Å². The summed E-state index contributed by atoms with van der Waals surface area (Å²) < 4.78 is 55.7. The van der Waals surface area contributed by atoms with Gasteiger partial charge in [0.15, 0.2) is 12.1 Å². The molecule has 2 unspecified atom stereocenters. The van der Waals surface area contributed by atoms with E-state index >= 15 is 9.59 Å². The highest BCUT2D eigenvalue weighted by Crippen LogP contribution is 2.75. The van der Waals surface area contributed by atoms with Gasteiger partial charge in [-0.25, -0.2) is 0 Å². The first-order chi connectivity index (χ1) is 39.2. The van der Waals surface area contributed by atoms with Crippen molar-refractivity contribution in [2.45, 2.75) is 157 Å². The molecule has 11 rings (SSSR count). The van der Waals surface area contributed by atoms with E-state index in [-0.39, 0.29) is 66.8 Å². The lowest BCUT2D eigenvalue weighted by Gasteiger charge is -2.70. The number of carbonyl (C=O) groups excluding carboxylic acids is 2. The van der Waals surface area contributed by atoms with Crippen molar-refractivity contribution in [2.24, 2.45) is 56.7 Å². The Bertz CT molecular complexity index is 2920. The number of allylic oxidation sites excluding steroid dienone is 1. The Morgan fingerprint density at radius 1 is 0.605 bits per heavy atom. The van der Waals surface area contributed by atoms with Crippen molar-refractivity contribution in [3.05, 3.63) is 191 Å². The van der Waals surface area contributed by atoms with E-state index in [1.807, 2.05) is 127 Å². The highest BCUT2D eigenvalue weighted by Gasteiger charge is 2.72. The van der Waals surface area contributed by atoms with Crippen LogP contribution in [0.4, 0.5) is 0 Å². The highest BCUT2D eigenvalue weighted by molar-refractivity contribution is 5.87. The minimum absolute atomic E-state index is 0.0490. The number of rotatable bonds is 20. The normalized spacial score (nSPS) is 34.7. The lowest BCUT2D eigenvalue weighted by atomic mass is 9.34. The molecule has 10 nitrogen and oxygen atoms in total. The predicted molar refractivity (Wildman–Crippen MR) is 312 cm³/mol. The Kier molecular flexibility index (Phi) is 17.1. The van der Waals surface area contributed by atoms with Crippen LogP contribution in [0.1, 0.15) is 115 Å². The van der Waals surface area contributed by atoms with Crippen LogP contribution in [-0.2, 0) is 80.5 Å². The molecule has 0 N–H and O–H groups in total. The second kappa shape index (κ2) is 24.1. The van der Waals surface area contributed by atoms with Gasteiger partial charge in [0.2, 0.25) is 0 Å². The molecule has 430 valence electrons. The van der Waals surface area contributed by atoms with E-state index in [0.717, 1.165) is 59.9 Å². The quantitative estimate of drug-likeness (QED) is 0.0425. The van der Waals surface area contributed by atoms with Gasteiger partial charge in [-0.05, 0) is 99.8 Å². The van der Waals surface area contributed by atoms with Crippen LogP contribution in [0.2, 0.25) is 0 Å². The van der Waals surface area contributed by atoms with Crippen LogP contribution in [0, 0.1) is 56.7 Å². The summed E-state index contributed by atoms with van der Waals surface area (Å²) in [5.74, 6) is 0.575. The van der Waals surface area contributed by atoms with Crippen molar-refractivity contribution < 1.29 is 47.5 Å². The molecular formula is C71H86O10. The zero-order valence-electron chi connectivity index (χ0n) is 48.8. The molecule has 6 aliphatic rings. The number of hydrogen-bond acceptors (Lipinski definition) is 10. The summed E-state index contributed by atoms with van der Waals surface area (Å²) in [5, 5.41) is 0. The van der Waals surface area contributed by atoms with Crippen molar-refractivity contribution in [3.63, 3.8) is 0 Å². The summed E-state index contributed by atoms with van der Waals surface area (Å²) in [6, 6.07) is 50.5. The van der Waals surface area contributed by atoms with Crippen LogP contribution < -0.4 is 0 Å². The van der Waals surface area contributed by atoms with Crippen molar-refractivity contribution >= 4 is 11.8 Å². The monoisotopic (exact) mass is 1100 g/mol. The number of esters is 1. The van der Waals surface area contributed by atoms with E-state index in [9.17, 15) is 0 Å². The smallest absolute Gasteiger partial charge is 0.310 e. The second-order valence-electron chi connectivity index (χ2n) is 26.1. The molecular weight excluding hydrogens is 1010 g/mol. The molecule has 2 heterocycles. The van der Waals surface area contributed by atoms with Crippen molar-refractivity contribution in [1.82, 2.24) is 0 Å². The van der Waals surface area contributed by atoms with Crippen molar-refractivity contribution in [2.75, 3.05) is 19.8 Å². The van der Waals surface area contributed by atoms with Crippen molar-refractivity contribution in [3.8, 4) is 0 Å². The van der Waals surface area contributed by atoms with E-state index in [1.165, 1.54) is 5.57 Å². The summed E-state index contributed by atoms with van der Waals surface area (Å²) in [6.07, 6.45) is 2.46. The Morgan fingerprint density at radius 3 is 1.68 bits per heavy atom. The highest BCUT2D eigenvalue weighted by atomic mass is 16.7. The third-order valence-corrected chi connectivity index (χ3v) is 21.2. The van der Waals surface area contributed by atoms with Crippen LogP contribution in [0.5, 0.6) is 0 Å². The molecule has 2 saturated heterocycles. The van der Waals surface area contributed by atoms with Gasteiger partial charge in [-0.2, -0.15) is 0 Å². The van der Waals surface area contributed by atoms with Gasteiger partial charge in [-0.1, -0.05) is 212 Å². The molecule has 5 aromatic rings. The average molecular weight is 1100 g/mol. The fraction of sp³-hybridized carbons (Fsp3) is 0.521. The number of fused-ring (bicyclic) bond motifs is 3. The van der Waals surface area contributed by atoms with Gasteiger partial charge in [0.25, 0.3) is 0 Å². The molecule has 2 aliphatic heterocycles. The van der Waals surface area contributed by atoms with E-state index in [4.69, 9.17) is 37.9 Å². The summed E-state index contributed by atoms with van der Waals surface area (Å²) in [7, 11) is 0. The molecule has 0 spiro atoms. The lowest BCUT2D eigenvalue weighted by Crippen LogP contribution is -2.70. The molecule has 0 aromatic heterocycles. The fourth-order valence-corrected chi connectivity index (χ4v) is 16.4. The van der Waals surface area contributed by atoms with Crippen LogP contribution >= 0.6 is 0 Å². The molecule has 5 fully saturated rings. The predicted octanol–water partition coefficient (Wildman–Crippen LogP) is 13.9. The summed E-state index contributed by atoms with van der Waals surface area (Å²) in [4.78, 5) is 30.9. The molecule has 4 aliphatic carbocycles. The molecule has 0 radical (unpaired) electrons. The van der Waals surface area contributed by atoms with Gasteiger partial charge < -0.3 is 37.9 Å². The fourth-order valence-electron chi connectivity index (χ4n) is 16.4. The summed E-state index contributed by atoms with van der Waals surface area (Å²) in [6.45, 7) is 18.9. The van der Waals surface area contributed by atoms with Gasteiger partial charge in [-0.3, -0.25) is 9.59 Å². The Labute approximate surface area is 481 Å². The van der Waals surface area contributed by atoms with Gasteiger partial charge >= 0.3 is 5.97 Å². The number of ketones is 1. The zero-order valence-corrected chi connectivity index (χ0v) is 48.8. The SMILES string of the molecule is CC(C)[C@@H](C)[C@@]1(C)CC[C@]2(C)[C@H]3CC[C@@H]4[C@@]5(COC[C@@]4(C)[C@@H](O[C@@H]4OC(COCc6ccccc6)[C@H](OCc6ccccc6)[C@H](OCc6ccccc6)C4OCc4ccccc4)C(=O)C5)C3=CC[C@@]2(C)[C@@H]1C(=O)OCc1ccccc1. The van der Waals surface area contributed by atoms with E-state index < -0.39 is 53.1 Å². The standard InChI is InChI=1S/C71H86O10/c1-48(2)49(3)67(4)37-38-69(6)55-33-34-59-68(5)46-75-47-71(59,56(55)35-36-70(69,7)63(67)65(73)79-44-54-31-21-12-22-32-54)39-57(72)64(68)81-66-62(78-43-53-29-19-11-20-30-53)61(77-42-52-27-17-10-18-28-52)60(76-41-51-25-15-9-16-26-51)58(80-66)45-74-40-50-23-13-8-14-24-50/h8-32,35,48-49,55,58-64,66H,33-34,36-47H2,1-7H3/t49-,55+,58?,59+,60+,61+,62?,63-,64+,66+,67-,68-,69-,70+,71+/m1/s1. The molecule has 10 heteroatoms. The lowest BCUT2D eigenvalue weighted by molar-refractivity contribution is -0.347. The maximum absolute atomic E-state index is 15.8. The van der Waals surface area contributed by atoms with Crippen LogP contribution in [-0.4, -0.2) is 68.4 Å². The summed E-state index contributed by atoms with van der Waals surface area (Å²) >= 11 is 0. The average Bonchev–Trinajstić information content (AvgIpc) is 1.72. The Morgan fingerprint density at radius 2 is 1.12 bits per heavy atom. The number of benzene rings is 5. The number of hydrogen-bond donors (Lipinski definition) is 0. The van der Waals surface area contributed by atoms with E-state index in [2.05, 4.69) is 78.8 Å². The Balaban J connectivity index is 0.926. The largest absolute Gasteiger partial charge is 0.461 e. The molecule has 15 atom stereocenters. The first-order valence-corrected chi connectivity index (χ1v) is 30.1. The first kappa shape index (κ1) is 57.5. The van der Waals surface area contributed by atoms with Crippen LogP contribution in [0.25, 0.3) is 0 Å². The third kappa shape index (κ3) is 11.1. The van der Waals surface area contributed by atoms with Gasteiger partial charge in [0.05, 0.1) is 52.2 Å². The van der Waals surface area contributed by atoms with Crippen LogP contribution in [0.15, 0.2) is 163 Å². The Hall–Kier alpha value is -5.30. The number of carbonyl (C=O) groups is 2. The molecule has 5 aromatic carbocycles. The minimum Gasteiger partial charge on any atom is -0.461 e. The van der Waals surface area contributed by atoms with Gasteiger partial charge in [0.1, 0.15) is 37.1 Å². The molecule has 3 saturated carbocycles. The summed E-state index contributed by atoms with van der Waals surface area (Å²) in [5.41, 5.74) is 4.24. The molecule has 0 amide bonds. The molecule has 81 heavy (non-hydrogen) atoms. The van der Waals surface area contributed by atoms with Crippen molar-refractivity contribution in [1.29, 1.82) is 0 Å². The van der Waals surface area contributed by atoms with Gasteiger partial charge in [0, 0.05) is 17.3 Å². The maximum atomic E-state index is 15.8. The topological polar surface area (TPSA) is 108 Å². The number of Topliss-reactive ketones (excluding diaryl/α,β-unsaturated/α-hetero) is 1. The maximum Gasteiger partial charge on any atom is 0.310 e. The van der Waals surface area contributed by atoms with E-state index in [1.54, 1.807) is 0 Å². The minimum atomic E-state index is -1.05. The third-order valence-electron chi connectivity index (χ3n) is 21.2. The van der Waals surface area contributed by atoms with E-state index in [0.29, 0.717) is 44.7 Å². The number of ether oxygens (including phenoxy) is 8. The second-order valence-corrected chi connectivity index (χ2v) is 26.1.